The number of nitrogens with one attached hydrogen (secondary N) is 3. The predicted octanol–water partition coefficient (Wildman–Crippen LogP) is 4.46. The number of aromatic nitrogens is 5. The molecule has 0 amide bonds. The van der Waals surface area contributed by atoms with Gasteiger partial charge in [-0.25, -0.2) is 24.3 Å². The number of hydrogen-bond acceptors (Lipinski definition) is 8. The molecule has 0 radical (unpaired) electrons. The normalized spacial score (nSPS) is 11.5. The Morgan fingerprint density at radius 1 is 0.833 bits per heavy atom. The largest absolute Gasteiger partial charge is 0.363 e. The molecule has 0 fully saturated rings. The van der Waals surface area contributed by atoms with E-state index in [-0.39, 0.29) is 11.9 Å². The van der Waals surface area contributed by atoms with Crippen molar-refractivity contribution in [2.24, 2.45) is 0 Å². The van der Waals surface area contributed by atoms with E-state index in [1.807, 2.05) is 19.1 Å². The number of pyridine rings is 1. The molecule has 0 spiro atoms. The topological polar surface area (TPSA) is 101 Å². The molecular formula is C21H19FN8. The van der Waals surface area contributed by atoms with Gasteiger partial charge in [0.1, 0.15) is 23.3 Å². The van der Waals surface area contributed by atoms with Crippen LogP contribution in [-0.4, -0.2) is 24.9 Å². The van der Waals surface area contributed by atoms with Gasteiger partial charge in [0.15, 0.2) is 0 Å². The fourth-order valence-corrected chi connectivity index (χ4v) is 2.78. The van der Waals surface area contributed by atoms with Gasteiger partial charge in [-0.3, -0.25) is 4.98 Å². The van der Waals surface area contributed by atoms with E-state index >= 15 is 0 Å². The Balaban J connectivity index is 1.61. The zero-order valence-corrected chi connectivity index (χ0v) is 16.1. The minimum absolute atomic E-state index is 0.0920. The van der Waals surface area contributed by atoms with E-state index in [4.69, 9.17) is 0 Å². The first-order valence-corrected chi connectivity index (χ1v) is 9.27. The summed E-state index contributed by atoms with van der Waals surface area (Å²) >= 11 is 0. The van der Waals surface area contributed by atoms with Crippen LogP contribution in [0.2, 0.25) is 0 Å². The highest BCUT2D eigenvalue weighted by molar-refractivity contribution is 5.66. The molecule has 8 nitrogen and oxygen atoms in total. The molecule has 4 rings (SSSR count). The molecule has 3 aromatic heterocycles. The smallest absolute Gasteiger partial charge is 0.227 e. The third-order valence-electron chi connectivity index (χ3n) is 4.20. The van der Waals surface area contributed by atoms with Crippen LogP contribution in [-0.2, 0) is 0 Å². The van der Waals surface area contributed by atoms with Crippen LogP contribution in [0, 0.1) is 5.82 Å². The molecule has 3 N–H and O–H groups in total. The van der Waals surface area contributed by atoms with Crippen LogP contribution in [0.5, 0.6) is 0 Å². The average molecular weight is 402 g/mol. The van der Waals surface area contributed by atoms with Crippen molar-refractivity contribution in [3.8, 4) is 0 Å². The predicted molar refractivity (Wildman–Crippen MR) is 113 cm³/mol. The monoisotopic (exact) mass is 402 g/mol. The van der Waals surface area contributed by atoms with Crippen molar-refractivity contribution < 1.29 is 4.39 Å². The maximum Gasteiger partial charge on any atom is 0.227 e. The summed E-state index contributed by atoms with van der Waals surface area (Å²) in [5.74, 6) is 1.93. The highest BCUT2D eigenvalue weighted by Gasteiger charge is 2.10. The summed E-state index contributed by atoms with van der Waals surface area (Å²) in [7, 11) is 0. The van der Waals surface area contributed by atoms with Gasteiger partial charge in [0.2, 0.25) is 5.95 Å². The molecule has 0 aliphatic heterocycles. The number of hydrogen-bond donors (Lipinski definition) is 3. The Bertz CT molecular complexity index is 1030. The Morgan fingerprint density at radius 3 is 2.33 bits per heavy atom. The molecule has 1 aromatic carbocycles. The van der Waals surface area contributed by atoms with Crippen LogP contribution < -0.4 is 16.0 Å². The molecule has 0 saturated heterocycles. The lowest BCUT2D eigenvalue weighted by atomic mass is 10.1. The van der Waals surface area contributed by atoms with Gasteiger partial charge in [0, 0.05) is 48.6 Å². The second-order valence-electron chi connectivity index (χ2n) is 6.46. The summed E-state index contributed by atoms with van der Waals surface area (Å²) in [6, 6.07) is 11.7. The Labute approximate surface area is 172 Å². The summed E-state index contributed by atoms with van der Waals surface area (Å²) < 4.78 is 13.2. The van der Waals surface area contributed by atoms with Gasteiger partial charge in [0.25, 0.3) is 0 Å². The highest BCUT2D eigenvalue weighted by atomic mass is 19.1. The number of anilines is 5. The van der Waals surface area contributed by atoms with Crippen molar-refractivity contribution in [3.05, 3.63) is 84.8 Å². The van der Waals surface area contributed by atoms with Crippen molar-refractivity contribution >= 4 is 29.1 Å². The van der Waals surface area contributed by atoms with Gasteiger partial charge in [-0.15, -0.1) is 0 Å². The Hall–Kier alpha value is -4.14. The molecule has 150 valence electrons. The average Bonchev–Trinajstić information content (AvgIpc) is 2.75. The molecule has 9 heteroatoms. The molecule has 0 bridgehead atoms. The highest BCUT2D eigenvalue weighted by Crippen LogP contribution is 2.25. The summed E-state index contributed by atoms with van der Waals surface area (Å²) in [6.07, 6.45) is 8.12. The lowest BCUT2D eigenvalue weighted by molar-refractivity contribution is 0.626. The van der Waals surface area contributed by atoms with Gasteiger partial charge >= 0.3 is 0 Å². The van der Waals surface area contributed by atoms with Crippen LogP contribution >= 0.6 is 0 Å². The van der Waals surface area contributed by atoms with Crippen LogP contribution in [0.15, 0.2) is 73.4 Å². The van der Waals surface area contributed by atoms with E-state index in [1.165, 1.54) is 12.1 Å². The molecule has 0 saturated carbocycles. The maximum atomic E-state index is 13.2. The zero-order chi connectivity index (χ0) is 20.8. The van der Waals surface area contributed by atoms with Crippen molar-refractivity contribution in [1.29, 1.82) is 0 Å². The van der Waals surface area contributed by atoms with E-state index in [1.54, 1.807) is 49.2 Å². The van der Waals surface area contributed by atoms with E-state index in [0.717, 1.165) is 11.3 Å². The second-order valence-corrected chi connectivity index (χ2v) is 6.46. The van der Waals surface area contributed by atoms with Crippen molar-refractivity contribution in [1.82, 2.24) is 24.9 Å². The first-order chi connectivity index (χ1) is 14.7. The lowest BCUT2D eigenvalue weighted by Gasteiger charge is -2.17. The molecule has 4 aromatic rings. The van der Waals surface area contributed by atoms with Crippen LogP contribution in [0.25, 0.3) is 0 Å². The molecule has 0 aliphatic carbocycles. The minimum atomic E-state index is -0.270. The van der Waals surface area contributed by atoms with Gasteiger partial charge in [0.05, 0.1) is 6.20 Å². The molecule has 1 atom stereocenters. The first-order valence-electron chi connectivity index (χ1n) is 9.27. The number of nitrogens with zero attached hydrogens (tertiary/aromatic N) is 5. The summed E-state index contributed by atoms with van der Waals surface area (Å²) in [5.41, 5.74) is 1.67. The van der Waals surface area contributed by atoms with E-state index in [2.05, 4.69) is 40.9 Å². The Morgan fingerprint density at radius 2 is 1.60 bits per heavy atom. The number of halogens is 1. The lowest BCUT2D eigenvalue weighted by Crippen LogP contribution is -2.09. The summed E-state index contributed by atoms with van der Waals surface area (Å²) in [5, 5.41) is 9.64. The number of benzene rings is 1. The van der Waals surface area contributed by atoms with Crippen LogP contribution in [0.3, 0.4) is 0 Å². The van der Waals surface area contributed by atoms with Gasteiger partial charge in [-0.1, -0.05) is 12.1 Å². The minimum Gasteiger partial charge on any atom is -0.363 e. The van der Waals surface area contributed by atoms with Gasteiger partial charge in [-0.2, -0.15) is 0 Å². The third kappa shape index (κ3) is 5.02. The molecular weight excluding hydrogens is 383 g/mol. The maximum absolute atomic E-state index is 13.2. The fourth-order valence-electron chi connectivity index (χ4n) is 2.78. The van der Waals surface area contributed by atoms with E-state index in [0.29, 0.717) is 23.4 Å². The van der Waals surface area contributed by atoms with Gasteiger partial charge in [-0.05, 0) is 30.7 Å². The SMILES string of the molecule is C[C@H](Nc1cc(Nc2ncccn2)cc(Nc2cnccn2)n1)c1ccc(F)cc1. The van der Waals surface area contributed by atoms with Crippen LogP contribution in [0.4, 0.5) is 33.5 Å². The van der Waals surface area contributed by atoms with Crippen LogP contribution in [0.1, 0.15) is 18.5 Å². The third-order valence-corrected chi connectivity index (χ3v) is 4.20. The van der Waals surface area contributed by atoms with E-state index in [9.17, 15) is 4.39 Å². The molecule has 0 aliphatic rings. The standard InChI is InChI=1S/C21H19FN8/c1-14(15-3-5-16(22)6-4-15)27-18-11-17(28-21-25-7-2-8-26-21)12-19(29-18)30-20-13-23-9-10-24-20/h2-14H,1H3,(H3,24,25,26,27,28,29,30)/t14-/m0/s1. The first kappa shape index (κ1) is 19.2. The molecule has 30 heavy (non-hydrogen) atoms. The van der Waals surface area contributed by atoms with Crippen molar-refractivity contribution in [2.75, 3.05) is 16.0 Å². The Kier molecular flexibility index (Phi) is 5.70. The molecule has 3 heterocycles. The fraction of sp³-hybridized carbons (Fsp3) is 0.0952. The summed E-state index contributed by atoms with van der Waals surface area (Å²) in [6.45, 7) is 1.98. The van der Waals surface area contributed by atoms with Crippen molar-refractivity contribution in [3.63, 3.8) is 0 Å². The second kappa shape index (κ2) is 8.91. The quantitative estimate of drug-likeness (QED) is 0.417. The van der Waals surface area contributed by atoms with Crippen molar-refractivity contribution in [2.45, 2.75) is 13.0 Å². The van der Waals surface area contributed by atoms with Gasteiger partial charge < -0.3 is 16.0 Å². The zero-order valence-electron chi connectivity index (χ0n) is 16.1. The molecule has 0 unspecified atom stereocenters. The number of rotatable bonds is 7. The summed E-state index contributed by atoms with van der Waals surface area (Å²) in [4.78, 5) is 21.3. The van der Waals surface area contributed by atoms with E-state index < -0.39 is 0 Å².